The van der Waals surface area contributed by atoms with E-state index in [0.29, 0.717) is 5.56 Å². The zero-order chi connectivity index (χ0) is 11.0. The molecule has 1 aromatic heterocycles. The minimum Gasteiger partial charge on any atom is -0.477 e. The lowest BCUT2D eigenvalue weighted by Gasteiger charge is -2.23. The van der Waals surface area contributed by atoms with Crippen molar-refractivity contribution in [2.45, 2.75) is 19.3 Å². The van der Waals surface area contributed by atoms with E-state index in [1.807, 2.05) is 0 Å². The van der Waals surface area contributed by atoms with Crippen LogP contribution in [0.2, 0.25) is 0 Å². The quantitative estimate of drug-likeness (QED) is 0.767. The highest BCUT2D eigenvalue weighted by Crippen LogP contribution is 2.30. The number of carbonyl (C=O) groups is 2. The summed E-state index contributed by atoms with van der Waals surface area (Å²) in [5.74, 6) is -0.788. The van der Waals surface area contributed by atoms with E-state index in [1.54, 1.807) is 13.2 Å². The molecule has 4 nitrogen and oxygen atoms in total. The third kappa shape index (κ3) is 1.67. The summed E-state index contributed by atoms with van der Waals surface area (Å²) in [6, 6.07) is 1.46. The molecule has 1 N–H and O–H groups in total. The van der Waals surface area contributed by atoms with Gasteiger partial charge in [-0.1, -0.05) is 6.42 Å². The van der Waals surface area contributed by atoms with E-state index in [1.165, 1.54) is 10.6 Å². The van der Waals surface area contributed by atoms with E-state index in [4.69, 9.17) is 5.11 Å². The number of ketones is 1. The topological polar surface area (TPSA) is 59.3 Å². The minimum atomic E-state index is -0.995. The molecule has 0 amide bonds. The number of carboxylic acid groups (broad SMARTS) is 1. The van der Waals surface area contributed by atoms with Crippen LogP contribution in [0.3, 0.4) is 0 Å². The summed E-state index contributed by atoms with van der Waals surface area (Å²) in [5, 5.41) is 8.84. The molecular formula is C11H13NO3. The minimum absolute atomic E-state index is 0.0874. The number of aromatic carboxylic acids is 1. The zero-order valence-corrected chi connectivity index (χ0v) is 8.56. The highest BCUT2D eigenvalue weighted by molar-refractivity contribution is 6.00. The zero-order valence-electron chi connectivity index (χ0n) is 8.56. The summed E-state index contributed by atoms with van der Waals surface area (Å²) in [7, 11) is 1.64. The van der Waals surface area contributed by atoms with Gasteiger partial charge in [-0.05, 0) is 18.9 Å². The summed E-state index contributed by atoms with van der Waals surface area (Å²) < 4.78 is 1.48. The molecule has 4 heteroatoms. The first-order valence-corrected chi connectivity index (χ1v) is 5.03. The van der Waals surface area contributed by atoms with Crippen LogP contribution in [0.25, 0.3) is 0 Å². The third-order valence-corrected chi connectivity index (χ3v) is 2.98. The van der Waals surface area contributed by atoms with Crippen molar-refractivity contribution < 1.29 is 14.7 Å². The molecule has 2 rings (SSSR count). The van der Waals surface area contributed by atoms with Crippen molar-refractivity contribution in [1.29, 1.82) is 0 Å². The van der Waals surface area contributed by atoms with Crippen molar-refractivity contribution >= 4 is 11.8 Å². The molecule has 0 spiro atoms. The van der Waals surface area contributed by atoms with Gasteiger partial charge in [0.05, 0.1) is 0 Å². The van der Waals surface area contributed by atoms with E-state index in [9.17, 15) is 9.59 Å². The molecule has 15 heavy (non-hydrogen) atoms. The predicted molar refractivity (Wildman–Crippen MR) is 54.0 cm³/mol. The Morgan fingerprint density at radius 1 is 1.47 bits per heavy atom. The molecule has 0 atom stereocenters. The molecule has 0 radical (unpaired) electrons. The van der Waals surface area contributed by atoms with E-state index in [0.717, 1.165) is 19.3 Å². The Labute approximate surface area is 87.5 Å². The molecular weight excluding hydrogens is 194 g/mol. The average Bonchev–Trinajstić information content (AvgIpc) is 2.44. The number of aryl methyl sites for hydroxylation is 1. The summed E-state index contributed by atoms with van der Waals surface area (Å²) in [6.07, 6.45) is 4.59. The number of carbonyl (C=O) groups excluding carboxylic acids is 1. The summed E-state index contributed by atoms with van der Waals surface area (Å²) in [6.45, 7) is 0. The molecule has 1 aliphatic rings. The molecule has 1 aromatic rings. The summed E-state index contributed by atoms with van der Waals surface area (Å²) in [4.78, 5) is 22.6. The first-order valence-electron chi connectivity index (χ1n) is 5.03. The Kier molecular flexibility index (Phi) is 2.34. The molecule has 0 aliphatic heterocycles. The smallest absolute Gasteiger partial charge is 0.352 e. The number of carboxylic acids is 1. The lowest BCUT2D eigenvalue weighted by Crippen LogP contribution is -2.21. The normalized spacial score (nSPS) is 16.1. The Morgan fingerprint density at radius 3 is 2.53 bits per heavy atom. The standard InChI is InChI=1S/C11H13NO3/c1-12-6-8(5-9(12)11(14)15)10(13)7-3-2-4-7/h5-7H,2-4H2,1H3,(H,14,15). The van der Waals surface area contributed by atoms with E-state index in [2.05, 4.69) is 0 Å². The molecule has 0 bridgehead atoms. The largest absolute Gasteiger partial charge is 0.477 e. The van der Waals surface area contributed by atoms with E-state index >= 15 is 0 Å². The van der Waals surface area contributed by atoms with Crippen LogP contribution in [0.5, 0.6) is 0 Å². The fourth-order valence-electron chi connectivity index (χ4n) is 1.82. The molecule has 0 unspecified atom stereocenters. The maximum absolute atomic E-state index is 11.8. The fourth-order valence-corrected chi connectivity index (χ4v) is 1.82. The second-order valence-electron chi connectivity index (χ2n) is 4.02. The van der Waals surface area contributed by atoms with Gasteiger partial charge in [0.2, 0.25) is 0 Å². The van der Waals surface area contributed by atoms with Gasteiger partial charge in [-0.2, -0.15) is 0 Å². The van der Waals surface area contributed by atoms with Gasteiger partial charge in [0, 0.05) is 24.7 Å². The van der Waals surface area contributed by atoms with Gasteiger partial charge in [0.25, 0.3) is 0 Å². The van der Waals surface area contributed by atoms with Crippen molar-refractivity contribution in [1.82, 2.24) is 4.57 Å². The number of rotatable bonds is 3. The number of hydrogen-bond acceptors (Lipinski definition) is 2. The fraction of sp³-hybridized carbons (Fsp3) is 0.455. The first kappa shape index (κ1) is 9.96. The van der Waals surface area contributed by atoms with Gasteiger partial charge >= 0.3 is 5.97 Å². The van der Waals surface area contributed by atoms with Gasteiger partial charge in [-0.3, -0.25) is 4.79 Å². The second-order valence-corrected chi connectivity index (χ2v) is 4.02. The van der Waals surface area contributed by atoms with Crippen molar-refractivity contribution in [3.8, 4) is 0 Å². The van der Waals surface area contributed by atoms with Crippen LogP contribution in [-0.4, -0.2) is 21.4 Å². The van der Waals surface area contributed by atoms with Crippen molar-refractivity contribution in [3.05, 3.63) is 23.5 Å². The molecule has 1 fully saturated rings. The molecule has 1 aliphatic carbocycles. The van der Waals surface area contributed by atoms with Crippen LogP contribution in [0.1, 0.15) is 40.1 Å². The SMILES string of the molecule is Cn1cc(C(=O)C2CCC2)cc1C(=O)O. The average molecular weight is 207 g/mol. The van der Waals surface area contributed by atoms with Crippen LogP contribution < -0.4 is 0 Å². The van der Waals surface area contributed by atoms with Crippen molar-refractivity contribution in [3.63, 3.8) is 0 Å². The van der Waals surface area contributed by atoms with Gasteiger partial charge in [0.1, 0.15) is 5.69 Å². The predicted octanol–water partition coefficient (Wildman–Crippen LogP) is 1.71. The van der Waals surface area contributed by atoms with Crippen LogP contribution in [0.15, 0.2) is 12.3 Å². The van der Waals surface area contributed by atoms with Crippen LogP contribution in [0.4, 0.5) is 0 Å². The van der Waals surface area contributed by atoms with Gasteiger partial charge in [0.15, 0.2) is 5.78 Å². The van der Waals surface area contributed by atoms with Crippen molar-refractivity contribution in [2.24, 2.45) is 13.0 Å². The van der Waals surface area contributed by atoms with Crippen LogP contribution in [-0.2, 0) is 7.05 Å². The third-order valence-electron chi connectivity index (χ3n) is 2.98. The van der Waals surface area contributed by atoms with Gasteiger partial charge in [-0.25, -0.2) is 4.79 Å². The number of nitrogens with zero attached hydrogens (tertiary/aromatic N) is 1. The lowest BCUT2D eigenvalue weighted by atomic mass is 9.80. The highest BCUT2D eigenvalue weighted by Gasteiger charge is 2.27. The molecule has 0 aromatic carbocycles. The Balaban J connectivity index is 2.25. The second kappa shape index (κ2) is 3.53. The van der Waals surface area contributed by atoms with E-state index in [-0.39, 0.29) is 17.4 Å². The Bertz CT molecular complexity index is 415. The van der Waals surface area contributed by atoms with Gasteiger partial charge < -0.3 is 9.67 Å². The maximum atomic E-state index is 11.8. The number of Topliss-reactive ketones (excluding diaryl/α,β-unsaturated/α-hetero) is 1. The Hall–Kier alpha value is -1.58. The molecule has 1 heterocycles. The highest BCUT2D eigenvalue weighted by atomic mass is 16.4. The summed E-state index contributed by atoms with van der Waals surface area (Å²) >= 11 is 0. The molecule has 80 valence electrons. The first-order chi connectivity index (χ1) is 7.09. The van der Waals surface area contributed by atoms with Crippen molar-refractivity contribution in [2.75, 3.05) is 0 Å². The summed E-state index contributed by atoms with van der Waals surface area (Å²) in [5.41, 5.74) is 0.692. The molecule has 0 saturated heterocycles. The number of aromatic nitrogens is 1. The van der Waals surface area contributed by atoms with Crippen LogP contribution in [0, 0.1) is 5.92 Å². The maximum Gasteiger partial charge on any atom is 0.352 e. The monoisotopic (exact) mass is 207 g/mol. The van der Waals surface area contributed by atoms with E-state index < -0.39 is 5.97 Å². The molecule has 1 saturated carbocycles. The van der Waals surface area contributed by atoms with Gasteiger partial charge in [-0.15, -0.1) is 0 Å². The Morgan fingerprint density at radius 2 is 2.13 bits per heavy atom. The number of hydrogen-bond donors (Lipinski definition) is 1. The van der Waals surface area contributed by atoms with Crippen LogP contribution >= 0.6 is 0 Å². The lowest BCUT2D eigenvalue weighted by molar-refractivity contribution is 0.0686.